The number of hydrogen-bond acceptors (Lipinski definition) is 5. The van der Waals surface area contributed by atoms with Gasteiger partial charge in [0, 0.05) is 17.8 Å². The molecule has 3 rings (SSSR count). The molecule has 0 aliphatic heterocycles. The highest BCUT2D eigenvalue weighted by molar-refractivity contribution is 7.99. The molecular formula is C21H22N4O2S. The number of carbonyl (C=O) groups excluding carboxylic acids is 1. The molecule has 1 aromatic heterocycles. The number of methoxy groups -OCH3 is 1. The Bertz CT molecular complexity index is 967. The zero-order valence-corrected chi connectivity index (χ0v) is 16.7. The SMILES string of the molecule is C=CCn1c(SCC(=O)Nc2ccc(OC)cc2)nnc1-c1cccc(C)c1. The molecule has 1 N–H and O–H groups in total. The molecule has 0 bridgehead atoms. The van der Waals surface area contributed by atoms with Gasteiger partial charge in [0.2, 0.25) is 5.91 Å². The first-order chi connectivity index (χ1) is 13.6. The third kappa shape index (κ3) is 4.80. The first-order valence-corrected chi connectivity index (χ1v) is 9.77. The molecule has 1 heterocycles. The second kappa shape index (κ2) is 9.23. The zero-order chi connectivity index (χ0) is 19.9. The van der Waals surface area contributed by atoms with Gasteiger partial charge in [0.05, 0.1) is 12.9 Å². The van der Waals surface area contributed by atoms with Crippen molar-refractivity contribution in [2.75, 3.05) is 18.2 Å². The molecule has 3 aromatic rings. The zero-order valence-electron chi connectivity index (χ0n) is 15.9. The van der Waals surface area contributed by atoms with E-state index in [1.807, 2.05) is 29.7 Å². The molecule has 7 heteroatoms. The van der Waals surface area contributed by atoms with Gasteiger partial charge >= 0.3 is 0 Å². The van der Waals surface area contributed by atoms with Crippen molar-refractivity contribution < 1.29 is 9.53 Å². The molecular weight excluding hydrogens is 372 g/mol. The summed E-state index contributed by atoms with van der Waals surface area (Å²) in [5.41, 5.74) is 2.86. The number of nitrogens with one attached hydrogen (secondary N) is 1. The molecule has 1 amide bonds. The lowest BCUT2D eigenvalue weighted by atomic mass is 10.1. The summed E-state index contributed by atoms with van der Waals surface area (Å²) in [6.45, 7) is 6.43. The summed E-state index contributed by atoms with van der Waals surface area (Å²) in [6, 6.07) is 15.3. The number of amides is 1. The molecule has 0 aliphatic rings. The average molecular weight is 395 g/mol. The van der Waals surface area contributed by atoms with Crippen molar-refractivity contribution in [3.05, 3.63) is 66.7 Å². The number of ether oxygens (including phenoxy) is 1. The van der Waals surface area contributed by atoms with Crippen molar-refractivity contribution in [3.63, 3.8) is 0 Å². The lowest BCUT2D eigenvalue weighted by Gasteiger charge is -2.09. The van der Waals surface area contributed by atoms with E-state index in [9.17, 15) is 4.79 Å². The minimum Gasteiger partial charge on any atom is -0.497 e. The van der Waals surface area contributed by atoms with Gasteiger partial charge in [0.1, 0.15) is 5.75 Å². The van der Waals surface area contributed by atoms with Crippen molar-refractivity contribution >= 4 is 23.4 Å². The first-order valence-electron chi connectivity index (χ1n) is 8.78. The third-order valence-electron chi connectivity index (χ3n) is 4.01. The number of benzene rings is 2. The molecule has 0 radical (unpaired) electrons. The number of rotatable bonds is 8. The van der Waals surface area contributed by atoms with Gasteiger partial charge in [-0.3, -0.25) is 9.36 Å². The summed E-state index contributed by atoms with van der Waals surface area (Å²) < 4.78 is 7.08. The molecule has 6 nitrogen and oxygen atoms in total. The Balaban J connectivity index is 1.69. The number of carbonyl (C=O) groups is 1. The summed E-state index contributed by atoms with van der Waals surface area (Å²) in [5.74, 6) is 1.63. The maximum Gasteiger partial charge on any atom is 0.234 e. The highest BCUT2D eigenvalue weighted by Gasteiger charge is 2.15. The van der Waals surface area contributed by atoms with Crippen LogP contribution in [-0.2, 0) is 11.3 Å². The number of aryl methyl sites for hydroxylation is 1. The first kappa shape index (κ1) is 19.7. The quantitative estimate of drug-likeness (QED) is 0.458. The van der Waals surface area contributed by atoms with E-state index >= 15 is 0 Å². The van der Waals surface area contributed by atoms with E-state index in [1.54, 1.807) is 37.5 Å². The Morgan fingerprint density at radius 1 is 1.25 bits per heavy atom. The standard InChI is InChI=1S/C21H22N4O2S/c1-4-12-25-20(16-7-5-6-15(2)13-16)23-24-21(25)28-14-19(26)22-17-8-10-18(27-3)11-9-17/h4-11,13H,1,12,14H2,2-3H3,(H,22,26). The van der Waals surface area contributed by atoms with Gasteiger partial charge in [-0.1, -0.05) is 41.6 Å². The maximum atomic E-state index is 12.3. The molecule has 0 atom stereocenters. The number of thioether (sulfide) groups is 1. The Kier molecular flexibility index (Phi) is 6.49. The molecule has 0 aliphatic carbocycles. The smallest absolute Gasteiger partial charge is 0.234 e. The van der Waals surface area contributed by atoms with Gasteiger partial charge in [0.25, 0.3) is 0 Å². The van der Waals surface area contributed by atoms with Crippen molar-refractivity contribution in [1.29, 1.82) is 0 Å². The van der Waals surface area contributed by atoms with Gasteiger partial charge in [-0.15, -0.1) is 16.8 Å². The van der Waals surface area contributed by atoms with Gasteiger partial charge in [-0.25, -0.2) is 0 Å². The molecule has 2 aromatic carbocycles. The van der Waals surface area contributed by atoms with Gasteiger partial charge in [-0.05, 0) is 37.3 Å². The van der Waals surface area contributed by atoms with Crippen LogP contribution in [0.4, 0.5) is 5.69 Å². The van der Waals surface area contributed by atoms with Crippen molar-refractivity contribution in [3.8, 4) is 17.1 Å². The Hall–Kier alpha value is -3.06. The molecule has 0 saturated heterocycles. The summed E-state index contributed by atoms with van der Waals surface area (Å²) >= 11 is 1.35. The van der Waals surface area contributed by atoms with Crippen LogP contribution in [0, 0.1) is 6.92 Å². The lowest BCUT2D eigenvalue weighted by molar-refractivity contribution is -0.113. The van der Waals surface area contributed by atoms with Crippen LogP contribution in [0.15, 0.2) is 66.3 Å². The van der Waals surface area contributed by atoms with Crippen LogP contribution in [0.25, 0.3) is 11.4 Å². The second-order valence-electron chi connectivity index (χ2n) is 6.14. The number of allylic oxidation sites excluding steroid dienone is 1. The summed E-state index contributed by atoms with van der Waals surface area (Å²) in [6.07, 6.45) is 1.80. The van der Waals surface area contributed by atoms with Crippen LogP contribution >= 0.6 is 11.8 Å². The van der Waals surface area contributed by atoms with Crippen LogP contribution in [0.5, 0.6) is 5.75 Å². The molecule has 0 unspecified atom stereocenters. The van der Waals surface area contributed by atoms with Gasteiger partial charge < -0.3 is 10.1 Å². The number of nitrogens with zero attached hydrogens (tertiary/aromatic N) is 3. The van der Waals surface area contributed by atoms with Crippen LogP contribution in [0.1, 0.15) is 5.56 Å². The van der Waals surface area contributed by atoms with E-state index in [0.29, 0.717) is 11.7 Å². The van der Waals surface area contributed by atoms with Crippen LogP contribution in [0.2, 0.25) is 0 Å². The normalized spacial score (nSPS) is 10.5. The Morgan fingerprint density at radius 2 is 2.04 bits per heavy atom. The molecule has 144 valence electrons. The van der Waals surface area contributed by atoms with Crippen molar-refractivity contribution in [2.24, 2.45) is 0 Å². The summed E-state index contributed by atoms with van der Waals surface area (Å²) in [5, 5.41) is 12.1. The highest BCUT2D eigenvalue weighted by atomic mass is 32.2. The summed E-state index contributed by atoms with van der Waals surface area (Å²) in [7, 11) is 1.61. The fourth-order valence-electron chi connectivity index (χ4n) is 2.69. The molecule has 0 spiro atoms. The minimum absolute atomic E-state index is 0.111. The van der Waals surface area contributed by atoms with Gasteiger partial charge in [-0.2, -0.15) is 0 Å². The summed E-state index contributed by atoms with van der Waals surface area (Å²) in [4.78, 5) is 12.3. The van der Waals surface area contributed by atoms with Gasteiger partial charge in [0.15, 0.2) is 11.0 Å². The minimum atomic E-state index is -0.111. The van der Waals surface area contributed by atoms with Crippen LogP contribution in [-0.4, -0.2) is 33.5 Å². The van der Waals surface area contributed by atoms with Crippen LogP contribution < -0.4 is 10.1 Å². The molecule has 28 heavy (non-hydrogen) atoms. The monoisotopic (exact) mass is 394 g/mol. The third-order valence-corrected chi connectivity index (χ3v) is 4.98. The molecule has 0 saturated carbocycles. The molecule has 0 fully saturated rings. The fourth-order valence-corrected chi connectivity index (χ4v) is 3.44. The number of aromatic nitrogens is 3. The van der Waals surface area contributed by atoms with E-state index in [0.717, 1.165) is 28.4 Å². The highest BCUT2D eigenvalue weighted by Crippen LogP contribution is 2.25. The van der Waals surface area contributed by atoms with E-state index in [1.165, 1.54) is 11.8 Å². The number of anilines is 1. The van der Waals surface area contributed by atoms with Crippen molar-refractivity contribution in [1.82, 2.24) is 14.8 Å². The largest absolute Gasteiger partial charge is 0.497 e. The Labute approximate surface area is 168 Å². The van der Waals surface area contributed by atoms with Crippen LogP contribution in [0.3, 0.4) is 0 Å². The topological polar surface area (TPSA) is 69.0 Å². The maximum absolute atomic E-state index is 12.3. The predicted molar refractivity (Wildman–Crippen MR) is 113 cm³/mol. The number of hydrogen-bond donors (Lipinski definition) is 1. The van der Waals surface area contributed by atoms with E-state index < -0.39 is 0 Å². The Morgan fingerprint density at radius 3 is 2.71 bits per heavy atom. The van der Waals surface area contributed by atoms with Crippen molar-refractivity contribution in [2.45, 2.75) is 18.6 Å². The average Bonchev–Trinajstić information content (AvgIpc) is 3.10. The van der Waals surface area contributed by atoms with E-state index in [2.05, 4.69) is 28.2 Å². The fraction of sp³-hybridized carbons (Fsp3) is 0.190. The van der Waals surface area contributed by atoms with E-state index in [-0.39, 0.29) is 11.7 Å². The lowest BCUT2D eigenvalue weighted by Crippen LogP contribution is -2.14. The second-order valence-corrected chi connectivity index (χ2v) is 7.08. The predicted octanol–water partition coefficient (Wildman–Crippen LogP) is 4.18. The van der Waals surface area contributed by atoms with E-state index in [4.69, 9.17) is 4.74 Å².